The standard InChI is InChI=1S/C18H17F2NO2/c19-15-7-3-5-13(18(15)20)10-17(23)21-9-8-12-4-1-2-6-14(12)16(21)11-22/h1-7,16,22H,8-11H2/t16-/m1/s1. The number of fused-ring (bicyclic) bond motifs is 1. The number of benzene rings is 2. The molecule has 0 aliphatic carbocycles. The van der Waals surface area contributed by atoms with Crippen molar-refractivity contribution in [2.75, 3.05) is 13.2 Å². The first-order valence-electron chi connectivity index (χ1n) is 7.53. The molecule has 2 aromatic carbocycles. The summed E-state index contributed by atoms with van der Waals surface area (Å²) in [4.78, 5) is 14.1. The third-order valence-electron chi connectivity index (χ3n) is 4.28. The van der Waals surface area contributed by atoms with Crippen molar-refractivity contribution in [1.82, 2.24) is 4.90 Å². The normalized spacial score (nSPS) is 17.0. The lowest BCUT2D eigenvalue weighted by atomic mass is 9.92. The van der Waals surface area contributed by atoms with Crippen molar-refractivity contribution in [2.24, 2.45) is 0 Å². The fraction of sp³-hybridized carbons (Fsp3) is 0.278. The molecule has 0 spiro atoms. The van der Waals surface area contributed by atoms with Crippen LogP contribution >= 0.6 is 0 Å². The van der Waals surface area contributed by atoms with Gasteiger partial charge in [-0.3, -0.25) is 4.79 Å². The molecular formula is C18H17F2NO2. The third-order valence-corrected chi connectivity index (χ3v) is 4.28. The molecule has 2 aromatic rings. The Kier molecular flexibility index (Phi) is 4.39. The Morgan fingerprint density at radius 3 is 2.74 bits per heavy atom. The number of nitrogens with zero attached hydrogens (tertiary/aromatic N) is 1. The van der Waals surface area contributed by atoms with Gasteiger partial charge in [0.15, 0.2) is 11.6 Å². The number of aliphatic hydroxyl groups excluding tert-OH is 1. The highest BCUT2D eigenvalue weighted by molar-refractivity contribution is 5.79. The van der Waals surface area contributed by atoms with Crippen LogP contribution in [0.1, 0.15) is 22.7 Å². The van der Waals surface area contributed by atoms with Crippen LogP contribution in [0.2, 0.25) is 0 Å². The minimum Gasteiger partial charge on any atom is -0.394 e. The number of amides is 1. The van der Waals surface area contributed by atoms with E-state index in [0.29, 0.717) is 13.0 Å². The molecule has 1 aliphatic heterocycles. The van der Waals surface area contributed by atoms with E-state index in [2.05, 4.69) is 0 Å². The van der Waals surface area contributed by atoms with Crippen LogP contribution in [0.25, 0.3) is 0 Å². The summed E-state index contributed by atoms with van der Waals surface area (Å²) in [6.07, 6.45) is 0.465. The zero-order valence-electron chi connectivity index (χ0n) is 12.5. The number of hydrogen-bond acceptors (Lipinski definition) is 2. The van der Waals surface area contributed by atoms with Crippen LogP contribution < -0.4 is 0 Å². The fourth-order valence-electron chi connectivity index (χ4n) is 3.10. The summed E-state index contributed by atoms with van der Waals surface area (Å²) in [5.74, 6) is -2.26. The Bertz CT molecular complexity index is 733. The van der Waals surface area contributed by atoms with Gasteiger partial charge in [0.2, 0.25) is 5.91 Å². The summed E-state index contributed by atoms with van der Waals surface area (Å²) in [6.45, 7) is 0.256. The molecule has 0 radical (unpaired) electrons. The predicted octanol–water partition coefficient (Wildman–Crippen LogP) is 2.63. The Balaban J connectivity index is 1.84. The molecule has 3 rings (SSSR count). The van der Waals surface area contributed by atoms with Crippen molar-refractivity contribution < 1.29 is 18.7 Å². The van der Waals surface area contributed by atoms with E-state index in [-0.39, 0.29) is 24.5 Å². The van der Waals surface area contributed by atoms with Gasteiger partial charge in [0.05, 0.1) is 19.1 Å². The Morgan fingerprint density at radius 2 is 1.96 bits per heavy atom. The first-order chi connectivity index (χ1) is 11.1. The summed E-state index contributed by atoms with van der Waals surface area (Å²) in [6, 6.07) is 11.0. The lowest BCUT2D eigenvalue weighted by Gasteiger charge is -2.36. The maximum absolute atomic E-state index is 13.8. The van der Waals surface area contributed by atoms with Crippen LogP contribution in [0.4, 0.5) is 8.78 Å². The van der Waals surface area contributed by atoms with Crippen LogP contribution in [0, 0.1) is 11.6 Å². The maximum atomic E-state index is 13.8. The number of halogens is 2. The summed E-state index contributed by atoms with van der Waals surface area (Å²) < 4.78 is 27.0. The van der Waals surface area contributed by atoms with Gasteiger partial charge in [0, 0.05) is 12.1 Å². The van der Waals surface area contributed by atoms with Gasteiger partial charge < -0.3 is 10.0 Å². The van der Waals surface area contributed by atoms with E-state index >= 15 is 0 Å². The van der Waals surface area contributed by atoms with Crippen molar-refractivity contribution in [3.05, 3.63) is 70.8 Å². The number of carbonyl (C=O) groups excluding carboxylic acids is 1. The van der Waals surface area contributed by atoms with Gasteiger partial charge in [-0.25, -0.2) is 8.78 Å². The Hall–Kier alpha value is -2.27. The molecule has 1 atom stereocenters. The van der Waals surface area contributed by atoms with E-state index in [1.54, 1.807) is 4.90 Å². The average Bonchev–Trinajstić information content (AvgIpc) is 2.57. The van der Waals surface area contributed by atoms with Crippen LogP contribution in [0.15, 0.2) is 42.5 Å². The first kappa shape index (κ1) is 15.6. The molecule has 1 heterocycles. The summed E-state index contributed by atoms with van der Waals surface area (Å²) in [5.41, 5.74) is 2.05. The van der Waals surface area contributed by atoms with Gasteiger partial charge in [-0.2, -0.15) is 0 Å². The lowest BCUT2D eigenvalue weighted by molar-refractivity contribution is -0.134. The second kappa shape index (κ2) is 6.46. The minimum absolute atomic E-state index is 0.0329. The van der Waals surface area contributed by atoms with Gasteiger partial charge in [0.1, 0.15) is 0 Å². The van der Waals surface area contributed by atoms with E-state index in [4.69, 9.17) is 0 Å². The zero-order valence-corrected chi connectivity index (χ0v) is 12.5. The molecule has 1 aliphatic rings. The van der Waals surface area contributed by atoms with Crippen LogP contribution in [0.5, 0.6) is 0 Å². The summed E-state index contributed by atoms with van der Waals surface area (Å²) in [5, 5.41) is 9.69. The van der Waals surface area contributed by atoms with Crippen LogP contribution in [0.3, 0.4) is 0 Å². The molecule has 23 heavy (non-hydrogen) atoms. The topological polar surface area (TPSA) is 40.5 Å². The van der Waals surface area contributed by atoms with E-state index < -0.39 is 17.7 Å². The van der Waals surface area contributed by atoms with Crippen LogP contribution in [-0.2, 0) is 17.6 Å². The van der Waals surface area contributed by atoms with Gasteiger partial charge in [-0.1, -0.05) is 36.4 Å². The number of carbonyl (C=O) groups is 1. The third kappa shape index (κ3) is 2.97. The molecule has 120 valence electrons. The van der Waals surface area contributed by atoms with Crippen molar-refractivity contribution in [2.45, 2.75) is 18.9 Å². The first-order valence-corrected chi connectivity index (χ1v) is 7.53. The maximum Gasteiger partial charge on any atom is 0.227 e. The molecule has 0 unspecified atom stereocenters. The second-order valence-electron chi connectivity index (χ2n) is 5.62. The zero-order chi connectivity index (χ0) is 16.4. The van der Waals surface area contributed by atoms with Gasteiger partial charge in [0.25, 0.3) is 0 Å². The highest BCUT2D eigenvalue weighted by Crippen LogP contribution is 2.30. The number of rotatable bonds is 3. The minimum atomic E-state index is -0.987. The monoisotopic (exact) mass is 317 g/mol. The molecule has 1 amide bonds. The molecule has 5 heteroatoms. The summed E-state index contributed by atoms with van der Waals surface area (Å²) in [7, 11) is 0. The lowest BCUT2D eigenvalue weighted by Crippen LogP contribution is -2.42. The smallest absolute Gasteiger partial charge is 0.227 e. The average molecular weight is 317 g/mol. The Morgan fingerprint density at radius 1 is 1.17 bits per heavy atom. The largest absolute Gasteiger partial charge is 0.394 e. The van der Waals surface area contributed by atoms with E-state index in [0.717, 1.165) is 17.2 Å². The molecule has 0 saturated heterocycles. The highest BCUT2D eigenvalue weighted by atomic mass is 19.2. The predicted molar refractivity (Wildman–Crippen MR) is 81.7 cm³/mol. The van der Waals surface area contributed by atoms with Crippen LogP contribution in [-0.4, -0.2) is 29.1 Å². The molecular weight excluding hydrogens is 300 g/mol. The molecule has 0 aromatic heterocycles. The molecule has 0 fully saturated rings. The molecule has 3 nitrogen and oxygen atoms in total. The second-order valence-corrected chi connectivity index (χ2v) is 5.62. The van der Waals surface area contributed by atoms with E-state index in [1.165, 1.54) is 12.1 Å². The highest BCUT2D eigenvalue weighted by Gasteiger charge is 2.30. The number of aliphatic hydroxyl groups is 1. The molecule has 0 bridgehead atoms. The van der Waals surface area contributed by atoms with Gasteiger partial charge in [-0.05, 0) is 23.6 Å². The van der Waals surface area contributed by atoms with Crippen molar-refractivity contribution in [3.63, 3.8) is 0 Å². The fourth-order valence-corrected chi connectivity index (χ4v) is 3.10. The van der Waals surface area contributed by atoms with Gasteiger partial charge >= 0.3 is 0 Å². The van der Waals surface area contributed by atoms with E-state index in [1.807, 2.05) is 24.3 Å². The van der Waals surface area contributed by atoms with E-state index in [9.17, 15) is 18.7 Å². The van der Waals surface area contributed by atoms with Gasteiger partial charge in [-0.15, -0.1) is 0 Å². The van der Waals surface area contributed by atoms with Crippen molar-refractivity contribution in [1.29, 1.82) is 0 Å². The number of hydrogen-bond donors (Lipinski definition) is 1. The quantitative estimate of drug-likeness (QED) is 0.945. The summed E-state index contributed by atoms with van der Waals surface area (Å²) >= 11 is 0. The molecule has 0 saturated carbocycles. The van der Waals surface area contributed by atoms with Crippen molar-refractivity contribution in [3.8, 4) is 0 Å². The Labute approximate surface area is 133 Å². The molecule has 1 N–H and O–H groups in total. The SMILES string of the molecule is O=C(Cc1cccc(F)c1F)N1CCc2ccccc2[C@H]1CO. The van der Waals surface area contributed by atoms with Crippen molar-refractivity contribution >= 4 is 5.91 Å².